The molecule has 4 atom stereocenters. The molecule has 1 aromatic rings. The van der Waals surface area contributed by atoms with Crippen molar-refractivity contribution in [3.8, 4) is 5.75 Å². The van der Waals surface area contributed by atoms with Gasteiger partial charge in [0.2, 0.25) is 5.78 Å². The van der Waals surface area contributed by atoms with E-state index in [2.05, 4.69) is 5.32 Å². The number of phenols is 1. The van der Waals surface area contributed by atoms with Crippen LogP contribution in [0.25, 0.3) is 0 Å². The van der Waals surface area contributed by atoms with Crippen molar-refractivity contribution in [3.05, 3.63) is 45.4 Å². The van der Waals surface area contributed by atoms with Crippen LogP contribution in [0, 0.1) is 11.8 Å². The molecule has 0 radical (unpaired) electrons. The molecule has 0 heterocycles. The van der Waals surface area contributed by atoms with Crippen molar-refractivity contribution < 1.29 is 39.2 Å². The molecule has 0 saturated carbocycles. The monoisotopic (exact) mass is 532 g/mol. The van der Waals surface area contributed by atoms with Gasteiger partial charge in [0.25, 0.3) is 5.91 Å². The molecule has 1 amide bonds. The number of carbonyl (C=O) groups excluding carboxylic acids is 3. The summed E-state index contributed by atoms with van der Waals surface area (Å²) in [5.41, 5.74) is 3.35. The van der Waals surface area contributed by atoms with E-state index < -0.39 is 64.7 Å². The Morgan fingerprint density at radius 2 is 1.87 bits per heavy atom. The number of aliphatic hydroxyl groups is 3. The number of phenolic OH excluding ortho intramolecular Hbond substituents is 1. The molecular weight excluding hydrogens is 499 g/mol. The van der Waals surface area contributed by atoms with Gasteiger partial charge in [0, 0.05) is 44.4 Å². The van der Waals surface area contributed by atoms with Crippen LogP contribution >= 0.6 is 0 Å². The third kappa shape index (κ3) is 3.86. The second kappa shape index (κ2) is 9.68. The SMILES string of the molecule is CN(C)c1c(CNCCF)cc(O)c2c1C[C@H]1C[C@H]3[C@H](N(C)C)C(O)=C(C(N)=O)C(=O)[C@@]3(O)C(O)=C1C2=O. The lowest BCUT2D eigenvalue weighted by atomic mass is 9.58. The van der Waals surface area contributed by atoms with Gasteiger partial charge in [0.1, 0.15) is 29.5 Å². The molecule has 12 heteroatoms. The molecule has 0 aromatic heterocycles. The van der Waals surface area contributed by atoms with Crippen molar-refractivity contribution >= 4 is 23.2 Å². The van der Waals surface area contributed by atoms with Crippen LogP contribution in [0.1, 0.15) is 27.9 Å². The smallest absolute Gasteiger partial charge is 0.255 e. The number of nitrogens with two attached hydrogens (primary N) is 1. The van der Waals surface area contributed by atoms with Crippen molar-refractivity contribution in [3.63, 3.8) is 0 Å². The minimum absolute atomic E-state index is 0.00369. The number of likely N-dealkylation sites (N-methyl/N-ethyl adjacent to an activating group) is 1. The number of nitrogens with one attached hydrogen (secondary N) is 1. The van der Waals surface area contributed by atoms with E-state index in [0.29, 0.717) is 16.8 Å². The highest BCUT2D eigenvalue weighted by atomic mass is 19.1. The lowest BCUT2D eigenvalue weighted by molar-refractivity contribution is -0.148. The average Bonchev–Trinajstić information content (AvgIpc) is 2.80. The van der Waals surface area contributed by atoms with Crippen LogP contribution in [0.5, 0.6) is 5.75 Å². The number of primary amides is 1. The number of aromatic hydroxyl groups is 1. The molecule has 0 fully saturated rings. The summed E-state index contributed by atoms with van der Waals surface area (Å²) in [5, 5.41) is 47.7. The van der Waals surface area contributed by atoms with E-state index >= 15 is 0 Å². The first-order valence-corrected chi connectivity index (χ1v) is 12.2. The van der Waals surface area contributed by atoms with E-state index in [0.717, 1.165) is 0 Å². The number of rotatable bonds is 7. The molecule has 0 unspecified atom stereocenters. The molecule has 0 bridgehead atoms. The molecule has 0 spiro atoms. The second-order valence-corrected chi connectivity index (χ2v) is 10.5. The van der Waals surface area contributed by atoms with Crippen molar-refractivity contribution in [1.29, 1.82) is 0 Å². The second-order valence-electron chi connectivity index (χ2n) is 10.5. The van der Waals surface area contributed by atoms with E-state index in [1.165, 1.54) is 11.0 Å². The fraction of sp³-hybridized carbons (Fsp3) is 0.500. The number of amides is 1. The van der Waals surface area contributed by atoms with Crippen LogP contribution < -0.4 is 16.0 Å². The van der Waals surface area contributed by atoms with Crippen LogP contribution in [-0.4, -0.2) is 95.9 Å². The van der Waals surface area contributed by atoms with Crippen LogP contribution in [0.2, 0.25) is 0 Å². The Kier molecular flexibility index (Phi) is 7.02. The Morgan fingerprint density at radius 3 is 2.42 bits per heavy atom. The maximum absolute atomic E-state index is 13.8. The molecule has 4 rings (SSSR count). The topological polar surface area (TPSA) is 177 Å². The molecular formula is C26H33FN4O7. The Labute approximate surface area is 219 Å². The van der Waals surface area contributed by atoms with Gasteiger partial charge >= 0.3 is 0 Å². The number of hydrogen-bond acceptors (Lipinski definition) is 10. The number of nitrogens with zero attached hydrogens (tertiary/aromatic N) is 2. The van der Waals surface area contributed by atoms with Crippen molar-refractivity contribution in [1.82, 2.24) is 10.2 Å². The number of allylic oxidation sites excluding steroid dienone is 1. The summed E-state index contributed by atoms with van der Waals surface area (Å²) in [6.45, 7) is -0.228. The van der Waals surface area contributed by atoms with Gasteiger partial charge in [-0.05, 0) is 50.0 Å². The number of fused-ring (bicyclic) bond motifs is 3. The molecule has 11 nitrogen and oxygen atoms in total. The number of carbonyl (C=O) groups is 3. The molecule has 206 valence electrons. The molecule has 3 aliphatic rings. The summed E-state index contributed by atoms with van der Waals surface area (Å²) < 4.78 is 12.7. The minimum Gasteiger partial charge on any atom is -0.510 e. The predicted molar refractivity (Wildman–Crippen MR) is 136 cm³/mol. The predicted octanol–water partition coefficient (Wildman–Crippen LogP) is 0.246. The maximum atomic E-state index is 13.8. The summed E-state index contributed by atoms with van der Waals surface area (Å²) in [6.07, 6.45) is 0.177. The van der Waals surface area contributed by atoms with Crippen LogP contribution in [0.4, 0.5) is 10.1 Å². The van der Waals surface area contributed by atoms with Crippen LogP contribution in [0.15, 0.2) is 28.7 Å². The number of Topliss-reactive ketones (excluding diaryl/α,β-unsaturated/α-hetero) is 2. The first-order valence-electron chi connectivity index (χ1n) is 12.2. The molecule has 0 aliphatic heterocycles. The van der Waals surface area contributed by atoms with Crippen LogP contribution in [0.3, 0.4) is 0 Å². The average molecular weight is 533 g/mol. The van der Waals surface area contributed by atoms with E-state index in [-0.39, 0.29) is 42.8 Å². The van der Waals surface area contributed by atoms with Gasteiger partial charge in [0.15, 0.2) is 11.4 Å². The van der Waals surface area contributed by atoms with Gasteiger partial charge in [-0.15, -0.1) is 0 Å². The Bertz CT molecular complexity index is 1290. The van der Waals surface area contributed by atoms with Crippen molar-refractivity contribution in [2.75, 3.05) is 46.3 Å². The summed E-state index contributed by atoms with van der Waals surface area (Å²) in [7, 11) is 6.70. The standard InChI is InChI=1S/C26H33FN4O7/c1-30(2)19-12(10-29-6-5-27)9-15(32)17-13(19)7-11-8-14-20(31(3)4)22(34)18(25(28)37)24(36)26(14,38)23(35)16(11)21(17)33/h9,11,14,20,29,32,34-35,38H,5-8,10H2,1-4H3,(H2,28,37)/t11-,14-,20-,26-/m0/s1. The summed E-state index contributed by atoms with van der Waals surface area (Å²) in [5.74, 6) is -6.94. The lowest BCUT2D eigenvalue weighted by Crippen LogP contribution is -2.63. The zero-order chi connectivity index (χ0) is 28.3. The third-order valence-corrected chi connectivity index (χ3v) is 7.81. The van der Waals surface area contributed by atoms with E-state index in [1.54, 1.807) is 33.1 Å². The molecule has 1 aromatic carbocycles. The number of ketones is 2. The molecule has 7 N–H and O–H groups in total. The van der Waals surface area contributed by atoms with Crippen molar-refractivity contribution in [2.45, 2.75) is 31.0 Å². The molecule has 3 aliphatic carbocycles. The number of alkyl halides is 1. The highest BCUT2D eigenvalue weighted by Gasteiger charge is 2.63. The van der Waals surface area contributed by atoms with Gasteiger partial charge in [0.05, 0.1) is 11.6 Å². The van der Waals surface area contributed by atoms with Gasteiger partial charge in [-0.2, -0.15) is 0 Å². The highest BCUT2D eigenvalue weighted by Crippen LogP contribution is 2.53. The number of anilines is 1. The summed E-state index contributed by atoms with van der Waals surface area (Å²) >= 11 is 0. The first-order chi connectivity index (χ1) is 17.8. The first kappa shape index (κ1) is 27.6. The molecule has 0 saturated heterocycles. The number of hydrogen-bond donors (Lipinski definition) is 6. The molecule has 38 heavy (non-hydrogen) atoms. The fourth-order valence-corrected chi connectivity index (χ4v) is 6.36. The zero-order valence-electron chi connectivity index (χ0n) is 21.7. The van der Waals surface area contributed by atoms with Gasteiger partial charge in [-0.1, -0.05) is 0 Å². The summed E-state index contributed by atoms with van der Waals surface area (Å²) in [4.78, 5) is 42.5. The summed E-state index contributed by atoms with van der Waals surface area (Å²) in [6, 6.07) is 0.341. The van der Waals surface area contributed by atoms with Gasteiger partial charge in [-0.25, -0.2) is 4.39 Å². The highest BCUT2D eigenvalue weighted by molar-refractivity contribution is 6.24. The maximum Gasteiger partial charge on any atom is 0.255 e. The Morgan fingerprint density at radius 1 is 1.21 bits per heavy atom. The van der Waals surface area contributed by atoms with Gasteiger partial charge < -0.3 is 36.4 Å². The van der Waals surface area contributed by atoms with E-state index in [9.17, 15) is 39.2 Å². The van der Waals surface area contributed by atoms with E-state index in [1.807, 2.05) is 0 Å². The zero-order valence-corrected chi connectivity index (χ0v) is 21.7. The number of benzene rings is 1. The lowest BCUT2D eigenvalue weighted by Gasteiger charge is -2.50. The Hall–Kier alpha value is -3.48. The Balaban J connectivity index is 1.93. The third-order valence-electron chi connectivity index (χ3n) is 7.81. The quantitative estimate of drug-likeness (QED) is 0.211. The number of aliphatic hydroxyl groups excluding tert-OH is 2. The number of halogens is 1. The van der Waals surface area contributed by atoms with E-state index in [4.69, 9.17) is 5.73 Å². The van der Waals surface area contributed by atoms with Crippen molar-refractivity contribution in [2.24, 2.45) is 17.6 Å². The van der Waals surface area contributed by atoms with Crippen LogP contribution in [-0.2, 0) is 22.6 Å². The minimum atomic E-state index is -2.68. The van der Waals surface area contributed by atoms with Gasteiger partial charge in [-0.3, -0.25) is 19.3 Å². The largest absolute Gasteiger partial charge is 0.510 e. The fourth-order valence-electron chi connectivity index (χ4n) is 6.36. The normalized spacial score (nSPS) is 26.9.